The maximum Gasteiger partial charge on any atom is 0.410 e. The summed E-state index contributed by atoms with van der Waals surface area (Å²) in [6, 6.07) is 7.61. The fourth-order valence-electron chi connectivity index (χ4n) is 1.54. The van der Waals surface area contributed by atoms with E-state index in [1.165, 1.54) is 26.0 Å². The number of halogens is 3. The van der Waals surface area contributed by atoms with Crippen LogP contribution in [-0.4, -0.2) is 6.18 Å². The van der Waals surface area contributed by atoms with Crippen LogP contribution in [0.5, 0.6) is 0 Å². The van der Waals surface area contributed by atoms with Gasteiger partial charge in [-0.05, 0) is 11.5 Å². The number of benzene rings is 1. The molecule has 4 heteroatoms. The second-order valence-corrected chi connectivity index (χ2v) is 3.89. The lowest BCUT2D eigenvalue weighted by Crippen LogP contribution is -2.54. The minimum Gasteiger partial charge on any atom is -0.314 e. The van der Waals surface area contributed by atoms with Crippen LogP contribution in [0.1, 0.15) is 19.4 Å². The largest absolute Gasteiger partial charge is 0.410 e. The predicted octanol–water partition coefficient (Wildman–Crippen LogP) is 3.06. The van der Waals surface area contributed by atoms with E-state index < -0.39 is 17.6 Å². The molecule has 0 saturated heterocycles. The lowest BCUT2D eigenvalue weighted by atomic mass is 9.80. The molecule has 0 aliphatic heterocycles. The van der Waals surface area contributed by atoms with Crippen LogP contribution in [0.15, 0.2) is 30.3 Å². The quantitative estimate of drug-likeness (QED) is 0.809. The third-order valence-electron chi connectivity index (χ3n) is 2.63. The second-order valence-electron chi connectivity index (χ2n) is 3.89. The first-order valence-electron chi connectivity index (χ1n) is 4.71. The predicted molar refractivity (Wildman–Crippen MR) is 53.2 cm³/mol. The molecular weight excluding hydrogens is 203 g/mol. The maximum atomic E-state index is 12.9. The van der Waals surface area contributed by atoms with Gasteiger partial charge in [0.15, 0.2) is 0 Å². The molecule has 1 rings (SSSR count). The molecule has 2 N–H and O–H groups in total. The number of hydrogen-bond acceptors (Lipinski definition) is 1. The van der Waals surface area contributed by atoms with Crippen molar-refractivity contribution in [3.05, 3.63) is 35.9 Å². The zero-order valence-corrected chi connectivity index (χ0v) is 8.68. The van der Waals surface area contributed by atoms with Crippen LogP contribution in [0, 0.1) is 5.92 Å². The lowest BCUT2D eigenvalue weighted by Gasteiger charge is -2.35. The van der Waals surface area contributed by atoms with Gasteiger partial charge >= 0.3 is 6.18 Å². The Bertz CT molecular complexity index is 318. The molecule has 0 aliphatic rings. The van der Waals surface area contributed by atoms with Gasteiger partial charge < -0.3 is 5.73 Å². The Morgan fingerprint density at radius 1 is 1.07 bits per heavy atom. The van der Waals surface area contributed by atoms with Crippen LogP contribution in [0.4, 0.5) is 13.2 Å². The van der Waals surface area contributed by atoms with E-state index in [0.717, 1.165) is 0 Å². The van der Waals surface area contributed by atoms with E-state index in [2.05, 4.69) is 0 Å². The summed E-state index contributed by atoms with van der Waals surface area (Å²) in [6.45, 7) is 2.95. The molecule has 0 heterocycles. The Labute approximate surface area is 87.1 Å². The summed E-state index contributed by atoms with van der Waals surface area (Å²) in [5, 5.41) is 0. The fourth-order valence-corrected chi connectivity index (χ4v) is 1.54. The molecule has 1 aromatic rings. The standard InChI is InChI=1S/C11H14F3N/c1-8(2)10(15,11(12,13)14)9-6-4-3-5-7-9/h3-8H,15H2,1-2H3/t10-/m1/s1. The number of hydrogen-bond donors (Lipinski definition) is 1. The first kappa shape index (κ1) is 12.0. The average Bonchev–Trinajstić information content (AvgIpc) is 2.16. The van der Waals surface area contributed by atoms with Gasteiger partial charge in [0.05, 0.1) is 0 Å². The lowest BCUT2D eigenvalue weighted by molar-refractivity contribution is -0.202. The van der Waals surface area contributed by atoms with Gasteiger partial charge in [-0.15, -0.1) is 0 Å². The normalized spacial score (nSPS) is 16.5. The van der Waals surface area contributed by atoms with Crippen molar-refractivity contribution in [2.45, 2.75) is 25.6 Å². The van der Waals surface area contributed by atoms with Gasteiger partial charge in [0.25, 0.3) is 0 Å². The van der Waals surface area contributed by atoms with Crippen molar-refractivity contribution in [2.75, 3.05) is 0 Å². The highest BCUT2D eigenvalue weighted by Gasteiger charge is 2.54. The van der Waals surface area contributed by atoms with Gasteiger partial charge in [0, 0.05) is 0 Å². The summed E-state index contributed by atoms with van der Waals surface area (Å²) in [5.74, 6) is -0.708. The molecular formula is C11H14F3N. The first-order chi connectivity index (χ1) is 6.80. The van der Waals surface area contributed by atoms with Crippen LogP contribution < -0.4 is 5.73 Å². The van der Waals surface area contributed by atoms with Crippen LogP contribution >= 0.6 is 0 Å². The first-order valence-corrected chi connectivity index (χ1v) is 4.71. The molecule has 0 saturated carbocycles. The Morgan fingerprint density at radius 3 is 1.87 bits per heavy atom. The SMILES string of the molecule is CC(C)[C@@](N)(c1ccccc1)C(F)(F)F. The Morgan fingerprint density at radius 2 is 1.53 bits per heavy atom. The summed E-state index contributed by atoms with van der Waals surface area (Å²) in [4.78, 5) is 0. The monoisotopic (exact) mass is 217 g/mol. The molecule has 84 valence electrons. The van der Waals surface area contributed by atoms with E-state index in [9.17, 15) is 13.2 Å². The van der Waals surface area contributed by atoms with Crippen molar-refractivity contribution >= 4 is 0 Å². The zero-order valence-electron chi connectivity index (χ0n) is 8.68. The topological polar surface area (TPSA) is 26.0 Å². The van der Waals surface area contributed by atoms with Crippen LogP contribution in [-0.2, 0) is 5.54 Å². The highest BCUT2D eigenvalue weighted by molar-refractivity contribution is 5.26. The zero-order chi connectivity index (χ0) is 11.7. The third kappa shape index (κ3) is 2.00. The van der Waals surface area contributed by atoms with Crippen LogP contribution in [0.3, 0.4) is 0 Å². The molecule has 0 aliphatic carbocycles. The Hall–Kier alpha value is -1.03. The van der Waals surface area contributed by atoms with E-state index >= 15 is 0 Å². The second kappa shape index (κ2) is 3.85. The summed E-state index contributed by atoms with van der Waals surface area (Å²) in [5.41, 5.74) is 3.35. The highest BCUT2D eigenvalue weighted by Crippen LogP contribution is 2.41. The van der Waals surface area contributed by atoms with E-state index in [1.54, 1.807) is 18.2 Å². The third-order valence-corrected chi connectivity index (χ3v) is 2.63. The van der Waals surface area contributed by atoms with Crippen LogP contribution in [0.2, 0.25) is 0 Å². The smallest absolute Gasteiger partial charge is 0.314 e. The van der Waals surface area contributed by atoms with Crippen molar-refractivity contribution < 1.29 is 13.2 Å². The van der Waals surface area contributed by atoms with Gasteiger partial charge in [-0.25, -0.2) is 0 Å². The molecule has 15 heavy (non-hydrogen) atoms. The fraction of sp³-hybridized carbons (Fsp3) is 0.455. The van der Waals surface area contributed by atoms with Gasteiger partial charge in [-0.1, -0.05) is 44.2 Å². The van der Waals surface area contributed by atoms with E-state index in [1.807, 2.05) is 0 Å². The summed E-state index contributed by atoms with van der Waals surface area (Å²) < 4.78 is 38.7. The average molecular weight is 217 g/mol. The molecule has 0 radical (unpaired) electrons. The summed E-state index contributed by atoms with van der Waals surface area (Å²) in [6.07, 6.45) is -4.44. The Kier molecular flexibility index (Phi) is 3.09. The molecule has 0 unspecified atom stereocenters. The summed E-state index contributed by atoms with van der Waals surface area (Å²) in [7, 11) is 0. The van der Waals surface area contributed by atoms with E-state index in [4.69, 9.17) is 5.73 Å². The van der Waals surface area contributed by atoms with Crippen LogP contribution in [0.25, 0.3) is 0 Å². The molecule has 0 aromatic heterocycles. The molecule has 0 fully saturated rings. The molecule has 0 bridgehead atoms. The highest BCUT2D eigenvalue weighted by atomic mass is 19.4. The van der Waals surface area contributed by atoms with Crippen molar-refractivity contribution in [1.29, 1.82) is 0 Å². The number of nitrogens with two attached hydrogens (primary N) is 1. The van der Waals surface area contributed by atoms with E-state index in [0.29, 0.717) is 0 Å². The van der Waals surface area contributed by atoms with Gasteiger partial charge in [-0.2, -0.15) is 13.2 Å². The minimum absolute atomic E-state index is 0.104. The van der Waals surface area contributed by atoms with Gasteiger partial charge in [-0.3, -0.25) is 0 Å². The van der Waals surface area contributed by atoms with Gasteiger partial charge in [0.2, 0.25) is 0 Å². The van der Waals surface area contributed by atoms with Crippen molar-refractivity contribution in [3.8, 4) is 0 Å². The van der Waals surface area contributed by atoms with Gasteiger partial charge in [0.1, 0.15) is 5.54 Å². The molecule has 0 spiro atoms. The Balaban J connectivity index is 3.26. The van der Waals surface area contributed by atoms with Crippen molar-refractivity contribution in [2.24, 2.45) is 11.7 Å². The van der Waals surface area contributed by atoms with Crippen molar-refractivity contribution in [3.63, 3.8) is 0 Å². The van der Waals surface area contributed by atoms with E-state index in [-0.39, 0.29) is 5.56 Å². The maximum absolute atomic E-state index is 12.9. The van der Waals surface area contributed by atoms with Crippen molar-refractivity contribution in [1.82, 2.24) is 0 Å². The number of rotatable bonds is 2. The molecule has 1 aromatic carbocycles. The minimum atomic E-state index is -4.44. The molecule has 1 atom stereocenters. The molecule has 0 amide bonds. The summed E-state index contributed by atoms with van der Waals surface area (Å²) >= 11 is 0. The molecule has 1 nitrogen and oxygen atoms in total. The number of alkyl halides is 3.